The van der Waals surface area contributed by atoms with Gasteiger partial charge in [-0.25, -0.2) is 9.36 Å². The predicted molar refractivity (Wildman–Crippen MR) is 50.9 cm³/mol. The normalized spacial score (nSPS) is 34.6. The van der Waals surface area contributed by atoms with E-state index in [9.17, 15) is 19.6 Å². The second kappa shape index (κ2) is 5.40. The number of ether oxygens (including phenoxy) is 1. The Balaban J connectivity index is 2.62. The molecule has 1 aliphatic heterocycles. The molecule has 0 spiro atoms. The summed E-state index contributed by atoms with van der Waals surface area (Å²) < 4.78 is 19.4. The Hall–Kier alpha value is -0.540. The minimum absolute atomic E-state index is 0.303. The molecule has 0 unspecified atom stereocenters. The van der Waals surface area contributed by atoms with Crippen LogP contribution >= 0.6 is 7.82 Å². The average molecular weight is 272 g/mol. The van der Waals surface area contributed by atoms with Crippen molar-refractivity contribution in [1.82, 2.24) is 0 Å². The molecule has 4 atom stereocenters. The van der Waals surface area contributed by atoms with Crippen molar-refractivity contribution in [3.05, 3.63) is 0 Å². The van der Waals surface area contributed by atoms with Crippen molar-refractivity contribution >= 4 is 13.8 Å². The van der Waals surface area contributed by atoms with E-state index in [0.29, 0.717) is 0 Å². The molecule has 0 aromatic carbocycles. The van der Waals surface area contributed by atoms with Gasteiger partial charge in [-0.2, -0.15) is 0 Å². The van der Waals surface area contributed by atoms with E-state index in [-0.39, 0.29) is 6.42 Å². The topological polar surface area (TPSA) is 154 Å². The third-order valence-electron chi connectivity index (χ3n) is 2.25. The summed E-state index contributed by atoms with van der Waals surface area (Å²) in [5.74, 6) is -1.34. The van der Waals surface area contributed by atoms with Crippen LogP contribution in [-0.2, 0) is 18.6 Å². The van der Waals surface area contributed by atoms with E-state index < -0.39 is 44.8 Å². The lowest BCUT2D eigenvalue weighted by atomic mass is 9.98. The van der Waals surface area contributed by atoms with Gasteiger partial charge in [0.25, 0.3) is 0 Å². The molecule has 1 fully saturated rings. The molecule has 0 bridgehead atoms. The summed E-state index contributed by atoms with van der Waals surface area (Å²) in [6.45, 7) is -0.716. The SMILES string of the molecule is O=C(O)[C@H]1C[C@@H](O)[C@H](O)[C@@H](COP(=O)(O)O)O1. The van der Waals surface area contributed by atoms with E-state index in [1.807, 2.05) is 0 Å². The molecule has 0 aromatic heterocycles. The lowest BCUT2D eigenvalue weighted by Gasteiger charge is -2.35. The Morgan fingerprint density at radius 3 is 2.47 bits per heavy atom. The number of phosphoric ester groups is 1. The van der Waals surface area contributed by atoms with Crippen molar-refractivity contribution in [2.45, 2.75) is 30.8 Å². The van der Waals surface area contributed by atoms with Crippen LogP contribution in [0.2, 0.25) is 0 Å². The van der Waals surface area contributed by atoms with Crippen molar-refractivity contribution in [1.29, 1.82) is 0 Å². The van der Waals surface area contributed by atoms with Gasteiger partial charge in [0.05, 0.1) is 12.7 Å². The van der Waals surface area contributed by atoms with Gasteiger partial charge >= 0.3 is 13.8 Å². The van der Waals surface area contributed by atoms with Gasteiger partial charge in [0.2, 0.25) is 0 Å². The monoisotopic (exact) mass is 272 g/mol. The molecule has 100 valence electrons. The van der Waals surface area contributed by atoms with E-state index in [1.54, 1.807) is 0 Å². The number of hydrogen-bond acceptors (Lipinski definition) is 6. The number of carboxylic acids is 1. The molecular weight excluding hydrogens is 259 g/mol. The van der Waals surface area contributed by atoms with E-state index in [2.05, 4.69) is 4.52 Å². The van der Waals surface area contributed by atoms with Crippen LogP contribution in [0.3, 0.4) is 0 Å². The first-order chi connectivity index (χ1) is 7.70. The molecule has 1 heterocycles. The van der Waals surface area contributed by atoms with Crippen LogP contribution in [-0.4, -0.2) is 62.1 Å². The second-order valence-electron chi connectivity index (χ2n) is 3.58. The fourth-order valence-electron chi connectivity index (χ4n) is 1.42. The van der Waals surface area contributed by atoms with Gasteiger partial charge in [-0.1, -0.05) is 0 Å². The minimum Gasteiger partial charge on any atom is -0.479 e. The summed E-state index contributed by atoms with van der Waals surface area (Å²) in [6.07, 6.45) is -5.78. The van der Waals surface area contributed by atoms with Gasteiger partial charge in [-0.3, -0.25) is 4.52 Å². The Kier molecular flexibility index (Phi) is 4.62. The van der Waals surface area contributed by atoms with Crippen molar-refractivity contribution in [2.75, 3.05) is 6.61 Å². The predicted octanol–water partition coefficient (Wildman–Crippen LogP) is -1.94. The molecule has 10 heteroatoms. The van der Waals surface area contributed by atoms with Gasteiger partial charge < -0.3 is 29.8 Å². The van der Waals surface area contributed by atoms with Gasteiger partial charge in [0.15, 0.2) is 6.10 Å². The smallest absolute Gasteiger partial charge is 0.469 e. The molecule has 1 aliphatic rings. The number of hydrogen-bond donors (Lipinski definition) is 5. The third-order valence-corrected chi connectivity index (χ3v) is 2.74. The third kappa shape index (κ3) is 4.32. The van der Waals surface area contributed by atoms with Gasteiger partial charge in [-0.15, -0.1) is 0 Å². The molecule has 0 saturated carbocycles. The van der Waals surface area contributed by atoms with E-state index in [0.717, 1.165) is 0 Å². The zero-order chi connectivity index (χ0) is 13.2. The van der Waals surface area contributed by atoms with Crippen LogP contribution < -0.4 is 0 Å². The lowest BCUT2D eigenvalue weighted by Crippen LogP contribution is -2.52. The largest absolute Gasteiger partial charge is 0.479 e. The van der Waals surface area contributed by atoms with Crippen molar-refractivity contribution in [3.8, 4) is 0 Å². The molecule has 1 rings (SSSR count). The molecule has 5 N–H and O–H groups in total. The first-order valence-electron chi connectivity index (χ1n) is 4.65. The summed E-state index contributed by atoms with van der Waals surface area (Å²) in [5.41, 5.74) is 0. The number of aliphatic carboxylic acids is 1. The fraction of sp³-hybridized carbons (Fsp3) is 0.857. The highest BCUT2D eigenvalue weighted by atomic mass is 31.2. The van der Waals surface area contributed by atoms with Crippen LogP contribution in [0.4, 0.5) is 0 Å². The highest BCUT2D eigenvalue weighted by Gasteiger charge is 2.40. The summed E-state index contributed by atoms with van der Waals surface area (Å²) in [6, 6.07) is 0. The Morgan fingerprint density at radius 1 is 1.41 bits per heavy atom. The first kappa shape index (κ1) is 14.5. The molecule has 0 radical (unpaired) electrons. The Morgan fingerprint density at radius 2 is 2.00 bits per heavy atom. The van der Waals surface area contributed by atoms with Crippen molar-refractivity contribution in [3.63, 3.8) is 0 Å². The Labute approximate surface area is 95.8 Å². The number of carboxylic acid groups (broad SMARTS) is 1. The van der Waals surface area contributed by atoms with Crippen LogP contribution in [0, 0.1) is 0 Å². The quantitative estimate of drug-likeness (QED) is 0.367. The zero-order valence-electron chi connectivity index (χ0n) is 8.54. The van der Waals surface area contributed by atoms with Crippen molar-refractivity contribution in [2.24, 2.45) is 0 Å². The minimum atomic E-state index is -4.74. The summed E-state index contributed by atoms with van der Waals surface area (Å²) >= 11 is 0. The molecular formula is C7H13O9P. The highest BCUT2D eigenvalue weighted by Crippen LogP contribution is 2.36. The van der Waals surface area contributed by atoms with Crippen LogP contribution in [0.25, 0.3) is 0 Å². The zero-order valence-corrected chi connectivity index (χ0v) is 9.43. The highest BCUT2D eigenvalue weighted by molar-refractivity contribution is 7.46. The lowest BCUT2D eigenvalue weighted by molar-refractivity contribution is -0.195. The number of phosphoric acid groups is 1. The maximum atomic E-state index is 10.6. The standard InChI is InChI=1S/C7H13O9P/c8-3-1-4(7(10)11)16-5(6(3)9)2-15-17(12,13)14/h3-6,8-9H,1-2H2,(H,10,11)(H2,12,13,14)/t3-,4-,5-,6+/m1/s1. The maximum Gasteiger partial charge on any atom is 0.469 e. The number of aliphatic hydroxyl groups excluding tert-OH is 2. The molecule has 0 aliphatic carbocycles. The second-order valence-corrected chi connectivity index (χ2v) is 4.82. The van der Waals surface area contributed by atoms with E-state index in [4.69, 9.17) is 19.6 Å². The van der Waals surface area contributed by atoms with Crippen molar-refractivity contribution < 1.29 is 43.7 Å². The molecule has 1 saturated heterocycles. The average Bonchev–Trinajstić information content (AvgIpc) is 2.18. The molecule has 0 amide bonds. The van der Waals surface area contributed by atoms with Crippen LogP contribution in [0.15, 0.2) is 0 Å². The molecule has 9 nitrogen and oxygen atoms in total. The van der Waals surface area contributed by atoms with Crippen LogP contribution in [0.5, 0.6) is 0 Å². The summed E-state index contributed by atoms with van der Waals surface area (Å²) in [7, 11) is -4.74. The number of rotatable bonds is 4. The maximum absolute atomic E-state index is 10.6. The summed E-state index contributed by atoms with van der Waals surface area (Å²) in [5, 5.41) is 27.5. The number of aliphatic hydroxyl groups is 2. The van der Waals surface area contributed by atoms with E-state index >= 15 is 0 Å². The van der Waals surface area contributed by atoms with Gasteiger partial charge in [0, 0.05) is 6.42 Å². The van der Waals surface area contributed by atoms with E-state index in [1.165, 1.54) is 0 Å². The first-order valence-corrected chi connectivity index (χ1v) is 6.18. The molecule has 0 aromatic rings. The van der Waals surface area contributed by atoms with Crippen LogP contribution in [0.1, 0.15) is 6.42 Å². The van der Waals surface area contributed by atoms with Gasteiger partial charge in [-0.05, 0) is 0 Å². The number of carbonyl (C=O) groups is 1. The molecule has 17 heavy (non-hydrogen) atoms. The summed E-state index contributed by atoms with van der Waals surface area (Å²) in [4.78, 5) is 27.5. The Bertz CT molecular complexity index is 325. The van der Waals surface area contributed by atoms with Gasteiger partial charge in [0.1, 0.15) is 12.2 Å². The fourth-order valence-corrected chi connectivity index (χ4v) is 1.76.